The Hall–Kier alpha value is -1.47. The fraction of sp³-hybridized carbons (Fsp3) is 0.143. The first-order valence-corrected chi connectivity index (χ1v) is 5.49. The minimum absolute atomic E-state index is 0.763. The maximum Gasteiger partial charge on any atom is 0.0447 e. The van der Waals surface area contributed by atoms with E-state index in [0.29, 0.717) is 0 Å². The molecule has 2 rings (SSSR count). The lowest BCUT2D eigenvalue weighted by molar-refractivity contribution is 1.13. The fourth-order valence-electron chi connectivity index (χ4n) is 1.53. The van der Waals surface area contributed by atoms with Crippen molar-refractivity contribution in [2.75, 3.05) is 19.0 Å². The van der Waals surface area contributed by atoms with Crippen LogP contribution in [0.4, 0.5) is 5.69 Å². The fourth-order valence-corrected chi connectivity index (χ4v) is 1.66. The van der Waals surface area contributed by atoms with Crippen LogP contribution in [0.2, 0.25) is 5.02 Å². The summed E-state index contributed by atoms with van der Waals surface area (Å²) in [5.74, 6) is 0. The molecule has 2 aromatic rings. The van der Waals surface area contributed by atoms with Gasteiger partial charge in [-0.15, -0.1) is 0 Å². The van der Waals surface area contributed by atoms with Crippen molar-refractivity contribution in [3.05, 3.63) is 53.6 Å². The molecule has 0 aliphatic heterocycles. The second-order valence-corrected chi connectivity index (χ2v) is 4.30. The van der Waals surface area contributed by atoms with E-state index in [9.17, 15) is 0 Å². The third kappa shape index (κ3) is 2.37. The van der Waals surface area contributed by atoms with E-state index >= 15 is 0 Å². The van der Waals surface area contributed by atoms with Crippen LogP contribution in [0.3, 0.4) is 0 Å². The Labute approximate surface area is 101 Å². The van der Waals surface area contributed by atoms with Crippen LogP contribution in [0.5, 0.6) is 0 Å². The molecule has 0 atom stereocenters. The Balaban J connectivity index is 2.40. The molecule has 81 valence electrons. The molecule has 0 saturated carbocycles. The van der Waals surface area contributed by atoms with Crippen molar-refractivity contribution in [2.45, 2.75) is 0 Å². The van der Waals surface area contributed by atoms with Crippen LogP contribution in [0.1, 0.15) is 0 Å². The van der Waals surface area contributed by atoms with E-state index < -0.39 is 0 Å². The number of hydrogen-bond donors (Lipinski definition) is 0. The van der Waals surface area contributed by atoms with Crippen LogP contribution in [-0.2, 0) is 0 Å². The maximum atomic E-state index is 5.87. The smallest absolute Gasteiger partial charge is 0.0447 e. The van der Waals surface area contributed by atoms with Crippen molar-refractivity contribution in [3.8, 4) is 11.1 Å². The predicted molar refractivity (Wildman–Crippen MR) is 70.1 cm³/mol. The molecule has 2 aromatic carbocycles. The molecular weight excluding hydrogens is 218 g/mol. The van der Waals surface area contributed by atoms with Crippen molar-refractivity contribution < 1.29 is 0 Å². The maximum absolute atomic E-state index is 5.87. The van der Waals surface area contributed by atoms with E-state index in [4.69, 9.17) is 11.6 Å². The van der Waals surface area contributed by atoms with Crippen molar-refractivity contribution in [1.82, 2.24) is 0 Å². The molecule has 0 aromatic heterocycles. The molecule has 0 aliphatic rings. The summed E-state index contributed by atoms with van der Waals surface area (Å²) in [6.45, 7) is 0. The third-order valence-corrected chi connectivity index (χ3v) is 2.70. The summed E-state index contributed by atoms with van der Waals surface area (Å²) >= 11 is 5.87. The summed E-state index contributed by atoms with van der Waals surface area (Å²) in [7, 11) is 4.02. The van der Waals surface area contributed by atoms with Gasteiger partial charge in [0.1, 0.15) is 0 Å². The van der Waals surface area contributed by atoms with Gasteiger partial charge in [0.2, 0.25) is 0 Å². The first kappa shape index (κ1) is 11.0. The van der Waals surface area contributed by atoms with E-state index in [1.165, 1.54) is 11.1 Å². The molecule has 0 N–H and O–H groups in total. The van der Waals surface area contributed by atoms with Crippen LogP contribution in [0.15, 0.2) is 42.5 Å². The summed E-state index contributed by atoms with van der Waals surface area (Å²) in [5.41, 5.74) is 3.42. The van der Waals surface area contributed by atoms with Gasteiger partial charge in [0.05, 0.1) is 0 Å². The zero-order valence-electron chi connectivity index (χ0n) is 9.37. The van der Waals surface area contributed by atoms with Gasteiger partial charge in [-0.25, -0.2) is 0 Å². The summed E-state index contributed by atoms with van der Waals surface area (Å²) in [5, 5.41) is 0.763. The minimum atomic E-state index is 0.763. The predicted octanol–water partition coefficient (Wildman–Crippen LogP) is 3.87. The van der Waals surface area contributed by atoms with Gasteiger partial charge in [-0.05, 0) is 29.3 Å². The monoisotopic (exact) mass is 230 g/mol. The second kappa shape index (κ2) is 4.58. The molecular formula is C14H13ClN. The Kier molecular flexibility index (Phi) is 3.16. The number of rotatable bonds is 2. The van der Waals surface area contributed by atoms with E-state index in [1.807, 2.05) is 49.3 Å². The molecule has 1 nitrogen and oxygen atoms in total. The van der Waals surface area contributed by atoms with Gasteiger partial charge in [-0.3, -0.25) is 0 Å². The molecule has 0 saturated heterocycles. The SMILES string of the molecule is CN(C)c1[c]ccc(-c2ccc(Cl)cc2)c1. The van der Waals surface area contributed by atoms with Crippen LogP contribution in [0, 0.1) is 6.07 Å². The minimum Gasteiger partial charge on any atom is -0.377 e. The van der Waals surface area contributed by atoms with Gasteiger partial charge in [0.15, 0.2) is 0 Å². The van der Waals surface area contributed by atoms with Gasteiger partial charge in [-0.1, -0.05) is 35.9 Å². The molecule has 0 amide bonds. The molecule has 0 heterocycles. The van der Waals surface area contributed by atoms with Gasteiger partial charge >= 0.3 is 0 Å². The normalized spacial score (nSPS) is 10.2. The highest BCUT2D eigenvalue weighted by atomic mass is 35.5. The first-order chi connectivity index (χ1) is 7.66. The van der Waals surface area contributed by atoms with Crippen LogP contribution >= 0.6 is 11.6 Å². The number of anilines is 1. The Morgan fingerprint density at radius 1 is 1.00 bits per heavy atom. The highest BCUT2D eigenvalue weighted by Gasteiger charge is 2.00. The molecule has 0 unspecified atom stereocenters. The molecule has 2 heteroatoms. The van der Waals surface area contributed by atoms with Gasteiger partial charge < -0.3 is 4.90 Å². The second-order valence-electron chi connectivity index (χ2n) is 3.86. The highest BCUT2D eigenvalue weighted by molar-refractivity contribution is 6.30. The van der Waals surface area contributed by atoms with Crippen molar-refractivity contribution in [2.24, 2.45) is 0 Å². The Bertz CT molecular complexity index is 474. The largest absolute Gasteiger partial charge is 0.377 e. The van der Waals surface area contributed by atoms with E-state index in [1.54, 1.807) is 0 Å². The van der Waals surface area contributed by atoms with Gasteiger partial charge in [0.25, 0.3) is 0 Å². The van der Waals surface area contributed by atoms with E-state index in [0.717, 1.165) is 10.7 Å². The van der Waals surface area contributed by atoms with E-state index in [2.05, 4.69) is 18.2 Å². The van der Waals surface area contributed by atoms with Crippen LogP contribution in [-0.4, -0.2) is 14.1 Å². The number of halogens is 1. The summed E-state index contributed by atoms with van der Waals surface area (Å²) in [6.07, 6.45) is 0. The Morgan fingerprint density at radius 2 is 1.69 bits per heavy atom. The number of nitrogens with zero attached hydrogens (tertiary/aromatic N) is 1. The van der Waals surface area contributed by atoms with Crippen LogP contribution in [0.25, 0.3) is 11.1 Å². The molecule has 1 radical (unpaired) electrons. The van der Waals surface area contributed by atoms with Gasteiger partial charge in [0, 0.05) is 30.9 Å². The van der Waals surface area contributed by atoms with Crippen molar-refractivity contribution >= 4 is 17.3 Å². The number of hydrogen-bond acceptors (Lipinski definition) is 1. The first-order valence-electron chi connectivity index (χ1n) is 5.12. The zero-order chi connectivity index (χ0) is 11.5. The van der Waals surface area contributed by atoms with Crippen molar-refractivity contribution in [1.29, 1.82) is 0 Å². The molecule has 16 heavy (non-hydrogen) atoms. The molecule has 0 bridgehead atoms. The van der Waals surface area contributed by atoms with Crippen molar-refractivity contribution in [3.63, 3.8) is 0 Å². The lowest BCUT2D eigenvalue weighted by atomic mass is 10.1. The zero-order valence-corrected chi connectivity index (χ0v) is 10.1. The lowest BCUT2D eigenvalue weighted by Gasteiger charge is -2.13. The number of benzene rings is 2. The third-order valence-electron chi connectivity index (χ3n) is 2.45. The lowest BCUT2D eigenvalue weighted by Crippen LogP contribution is -2.08. The van der Waals surface area contributed by atoms with Gasteiger partial charge in [-0.2, -0.15) is 0 Å². The molecule has 0 spiro atoms. The highest BCUT2D eigenvalue weighted by Crippen LogP contribution is 2.24. The Morgan fingerprint density at radius 3 is 2.31 bits per heavy atom. The average molecular weight is 231 g/mol. The quantitative estimate of drug-likeness (QED) is 0.757. The standard InChI is InChI=1S/C14H13ClN/c1-16(2)14-5-3-4-12(10-14)11-6-8-13(15)9-7-11/h3-4,6-10H,1-2H3. The topological polar surface area (TPSA) is 3.24 Å². The average Bonchev–Trinajstić information content (AvgIpc) is 2.30. The van der Waals surface area contributed by atoms with E-state index in [-0.39, 0.29) is 0 Å². The summed E-state index contributed by atoms with van der Waals surface area (Å²) < 4.78 is 0. The molecule has 0 fully saturated rings. The summed E-state index contributed by atoms with van der Waals surface area (Å²) in [6, 6.07) is 17.2. The summed E-state index contributed by atoms with van der Waals surface area (Å²) in [4.78, 5) is 2.04. The van der Waals surface area contributed by atoms with Crippen LogP contribution < -0.4 is 4.90 Å². The molecule has 0 aliphatic carbocycles.